The molecule has 2 aromatic rings. The van der Waals surface area contributed by atoms with Gasteiger partial charge in [-0.3, -0.25) is 9.69 Å². The van der Waals surface area contributed by atoms with Gasteiger partial charge < -0.3 is 19.0 Å². The van der Waals surface area contributed by atoms with Crippen molar-refractivity contribution in [3.8, 4) is 5.75 Å². The molecule has 1 aliphatic rings. The van der Waals surface area contributed by atoms with Crippen molar-refractivity contribution in [1.82, 2.24) is 0 Å². The fourth-order valence-corrected chi connectivity index (χ4v) is 3.12. The lowest BCUT2D eigenvalue weighted by Gasteiger charge is -2.55. The number of methoxy groups -OCH3 is 2. The second-order valence-electron chi connectivity index (χ2n) is 5.46. The van der Waals surface area contributed by atoms with E-state index in [2.05, 4.69) is 0 Å². The number of amides is 1. The molecule has 6 heteroatoms. The average Bonchev–Trinajstić information content (AvgIpc) is 3.07. The Morgan fingerprint density at radius 3 is 2.43 bits per heavy atom. The maximum absolute atomic E-state index is 12.8. The summed E-state index contributed by atoms with van der Waals surface area (Å²) in [6, 6.07) is 10.1. The first-order valence-corrected chi connectivity index (χ1v) is 7.30. The number of carbonyl (C=O) groups excluding carboxylic acids is 1. The molecule has 1 amide bonds. The molecule has 0 aliphatic carbocycles. The number of β-lactam (4-membered cyclic amide) rings is 1. The molecule has 1 aliphatic heterocycles. The summed E-state index contributed by atoms with van der Waals surface area (Å²) in [5.74, 6) is 0.953. The van der Waals surface area contributed by atoms with Crippen molar-refractivity contribution in [3.63, 3.8) is 0 Å². The van der Waals surface area contributed by atoms with Crippen LogP contribution in [0.5, 0.6) is 5.75 Å². The van der Waals surface area contributed by atoms with Crippen molar-refractivity contribution in [1.29, 1.82) is 0 Å². The molecule has 3 atom stereocenters. The Kier molecular flexibility index (Phi) is 3.87. The number of rotatable bonds is 5. The van der Waals surface area contributed by atoms with Crippen LogP contribution in [-0.2, 0) is 9.53 Å². The number of hydrogen-bond donors (Lipinski definition) is 1. The first kappa shape index (κ1) is 15.6. The topological polar surface area (TPSA) is 72.1 Å². The second-order valence-corrected chi connectivity index (χ2v) is 5.46. The quantitative estimate of drug-likeness (QED) is 0.856. The molecule has 0 radical (unpaired) electrons. The summed E-state index contributed by atoms with van der Waals surface area (Å²) in [7, 11) is 3.00. The predicted molar refractivity (Wildman–Crippen MR) is 83.3 cm³/mol. The minimum atomic E-state index is -1.35. The monoisotopic (exact) mass is 317 g/mol. The van der Waals surface area contributed by atoms with Crippen LogP contribution in [0.15, 0.2) is 47.1 Å². The summed E-state index contributed by atoms with van der Waals surface area (Å²) in [4.78, 5) is 14.3. The standard InChI is InChI=1S/C17H19NO5/c1-11(19)17(22-3)15(14-5-4-10-23-14)18(16(17)20)12-6-8-13(21-2)9-7-12/h4-11,15,19H,1-3H3/t11-,15?,17-/m0/s1. The molecule has 0 saturated carbocycles. The Bertz CT molecular complexity index is 680. The van der Waals surface area contributed by atoms with Gasteiger partial charge in [0.2, 0.25) is 0 Å². The van der Waals surface area contributed by atoms with Gasteiger partial charge >= 0.3 is 0 Å². The highest BCUT2D eigenvalue weighted by Crippen LogP contribution is 2.50. The van der Waals surface area contributed by atoms with E-state index in [-0.39, 0.29) is 5.91 Å². The van der Waals surface area contributed by atoms with E-state index in [9.17, 15) is 9.90 Å². The van der Waals surface area contributed by atoms with Crippen molar-refractivity contribution in [2.24, 2.45) is 0 Å². The summed E-state index contributed by atoms with van der Waals surface area (Å²) in [6.45, 7) is 1.54. The van der Waals surface area contributed by atoms with Gasteiger partial charge in [-0.1, -0.05) is 0 Å². The maximum Gasteiger partial charge on any atom is 0.265 e. The Morgan fingerprint density at radius 2 is 1.96 bits per heavy atom. The van der Waals surface area contributed by atoms with Crippen LogP contribution in [0.25, 0.3) is 0 Å². The van der Waals surface area contributed by atoms with E-state index in [1.165, 1.54) is 13.4 Å². The van der Waals surface area contributed by atoms with Crippen LogP contribution in [0.4, 0.5) is 5.69 Å². The molecular formula is C17H19NO5. The van der Waals surface area contributed by atoms with Crippen LogP contribution >= 0.6 is 0 Å². The molecule has 0 spiro atoms. The number of benzene rings is 1. The molecule has 1 aromatic carbocycles. The minimum Gasteiger partial charge on any atom is -0.497 e. The molecular weight excluding hydrogens is 298 g/mol. The zero-order valence-electron chi connectivity index (χ0n) is 13.2. The number of furan rings is 1. The van der Waals surface area contributed by atoms with Crippen LogP contribution in [0.1, 0.15) is 18.7 Å². The van der Waals surface area contributed by atoms with Gasteiger partial charge in [0.15, 0.2) is 5.60 Å². The van der Waals surface area contributed by atoms with Crippen molar-refractivity contribution in [2.75, 3.05) is 19.1 Å². The van der Waals surface area contributed by atoms with Gasteiger partial charge in [0.1, 0.15) is 17.6 Å². The van der Waals surface area contributed by atoms with Crippen LogP contribution in [0, 0.1) is 0 Å². The molecule has 1 fully saturated rings. The molecule has 1 unspecified atom stereocenters. The van der Waals surface area contributed by atoms with E-state index in [1.54, 1.807) is 55.3 Å². The third-order valence-electron chi connectivity index (χ3n) is 4.34. The molecule has 1 N–H and O–H groups in total. The van der Waals surface area contributed by atoms with Crippen LogP contribution in [0.3, 0.4) is 0 Å². The van der Waals surface area contributed by atoms with Gasteiger partial charge in [0.05, 0.1) is 19.5 Å². The number of hydrogen-bond acceptors (Lipinski definition) is 5. The van der Waals surface area contributed by atoms with Crippen LogP contribution in [-0.4, -0.2) is 36.9 Å². The normalized spacial score (nSPS) is 25.1. The van der Waals surface area contributed by atoms with E-state index in [0.717, 1.165) is 0 Å². The Balaban J connectivity index is 2.04. The van der Waals surface area contributed by atoms with Gasteiger partial charge in [-0.25, -0.2) is 0 Å². The number of aliphatic hydroxyl groups is 1. The summed E-state index contributed by atoms with van der Waals surface area (Å²) in [6.07, 6.45) is 0.553. The van der Waals surface area contributed by atoms with Gasteiger partial charge in [0.25, 0.3) is 5.91 Å². The smallest absolute Gasteiger partial charge is 0.265 e. The largest absolute Gasteiger partial charge is 0.497 e. The van der Waals surface area contributed by atoms with E-state index < -0.39 is 17.7 Å². The summed E-state index contributed by atoms with van der Waals surface area (Å²) < 4.78 is 16.1. The van der Waals surface area contributed by atoms with Gasteiger partial charge in [-0.05, 0) is 43.3 Å². The minimum absolute atomic E-state index is 0.304. The van der Waals surface area contributed by atoms with E-state index in [4.69, 9.17) is 13.9 Å². The number of aliphatic hydroxyl groups excluding tert-OH is 1. The molecule has 1 aromatic heterocycles. The Hall–Kier alpha value is -2.31. The maximum atomic E-state index is 12.8. The van der Waals surface area contributed by atoms with E-state index in [1.807, 2.05) is 0 Å². The lowest BCUT2D eigenvalue weighted by molar-refractivity contribution is -0.180. The summed E-state index contributed by atoms with van der Waals surface area (Å²) >= 11 is 0. The molecule has 122 valence electrons. The molecule has 23 heavy (non-hydrogen) atoms. The highest BCUT2D eigenvalue weighted by Gasteiger charge is 2.66. The highest BCUT2D eigenvalue weighted by molar-refractivity contribution is 6.08. The third-order valence-corrected chi connectivity index (χ3v) is 4.34. The van der Waals surface area contributed by atoms with E-state index >= 15 is 0 Å². The summed E-state index contributed by atoms with van der Waals surface area (Å²) in [5.41, 5.74) is -0.664. The Labute approximate surface area is 134 Å². The molecule has 3 rings (SSSR count). The first-order valence-electron chi connectivity index (χ1n) is 7.30. The van der Waals surface area contributed by atoms with Crippen LogP contribution in [0.2, 0.25) is 0 Å². The fraction of sp³-hybridized carbons (Fsp3) is 0.353. The van der Waals surface area contributed by atoms with Gasteiger partial charge in [0, 0.05) is 12.8 Å². The average molecular weight is 317 g/mol. The van der Waals surface area contributed by atoms with Gasteiger partial charge in [-0.15, -0.1) is 0 Å². The molecule has 0 bridgehead atoms. The zero-order chi connectivity index (χ0) is 16.6. The number of anilines is 1. The van der Waals surface area contributed by atoms with Crippen molar-refractivity contribution < 1.29 is 23.8 Å². The third kappa shape index (κ3) is 2.14. The second kappa shape index (κ2) is 5.72. The summed E-state index contributed by atoms with van der Waals surface area (Å²) in [5, 5.41) is 10.2. The predicted octanol–water partition coefficient (Wildman–Crippen LogP) is 2.14. The number of ether oxygens (including phenoxy) is 2. The molecule has 2 heterocycles. The lowest BCUT2D eigenvalue weighted by Crippen LogP contribution is -2.74. The van der Waals surface area contributed by atoms with Crippen molar-refractivity contribution in [3.05, 3.63) is 48.4 Å². The van der Waals surface area contributed by atoms with Crippen molar-refractivity contribution in [2.45, 2.75) is 24.7 Å². The molecule has 6 nitrogen and oxygen atoms in total. The number of nitrogens with zero attached hydrogens (tertiary/aromatic N) is 1. The Morgan fingerprint density at radius 1 is 1.26 bits per heavy atom. The zero-order valence-corrected chi connectivity index (χ0v) is 13.2. The van der Waals surface area contributed by atoms with Crippen molar-refractivity contribution >= 4 is 11.6 Å². The number of carbonyl (C=O) groups is 1. The SMILES string of the molecule is COc1ccc(N2C(=O)[C@](OC)([C@H](C)O)C2c2ccco2)cc1. The first-order chi connectivity index (χ1) is 11.1. The van der Waals surface area contributed by atoms with E-state index in [0.29, 0.717) is 17.2 Å². The van der Waals surface area contributed by atoms with Gasteiger partial charge in [-0.2, -0.15) is 0 Å². The van der Waals surface area contributed by atoms with Crippen LogP contribution < -0.4 is 9.64 Å². The molecule has 1 saturated heterocycles. The lowest BCUT2D eigenvalue weighted by atomic mass is 9.76. The fourth-order valence-electron chi connectivity index (χ4n) is 3.12. The highest BCUT2D eigenvalue weighted by atomic mass is 16.5.